The lowest BCUT2D eigenvalue weighted by Crippen LogP contribution is -2.23. The molecule has 3 rings (SSSR count). The number of carbonyl (C=O) groups is 2. The number of fused-ring (bicyclic) bond motifs is 1. The van der Waals surface area contributed by atoms with Crippen LogP contribution < -0.4 is 16.2 Å². The lowest BCUT2D eigenvalue weighted by Gasteiger charge is -2.11. The normalized spacial score (nSPS) is 10.6. The molecule has 0 bridgehead atoms. The van der Waals surface area contributed by atoms with Gasteiger partial charge in [-0.25, -0.2) is 4.98 Å². The average molecular weight is 364 g/mol. The molecule has 7 nitrogen and oxygen atoms in total. The van der Waals surface area contributed by atoms with Crippen molar-refractivity contribution in [3.63, 3.8) is 0 Å². The van der Waals surface area contributed by atoms with Gasteiger partial charge in [-0.1, -0.05) is 12.1 Å². The Balaban J connectivity index is 1.65. The van der Waals surface area contributed by atoms with Crippen LogP contribution in [0.2, 0.25) is 0 Å². The van der Waals surface area contributed by atoms with E-state index in [1.165, 1.54) is 17.8 Å². The highest BCUT2D eigenvalue weighted by Gasteiger charge is 2.08. The molecular weight excluding hydrogens is 344 g/mol. The summed E-state index contributed by atoms with van der Waals surface area (Å²) in [5, 5.41) is 6.06. The Bertz CT molecular complexity index is 1070. The quantitative estimate of drug-likeness (QED) is 0.728. The smallest absolute Gasteiger partial charge is 0.261 e. The monoisotopic (exact) mass is 364 g/mol. The van der Waals surface area contributed by atoms with Crippen molar-refractivity contribution in [1.29, 1.82) is 0 Å². The molecule has 0 unspecified atom stereocenters. The zero-order valence-electron chi connectivity index (χ0n) is 15.2. The second-order valence-electron chi connectivity index (χ2n) is 6.27. The second-order valence-corrected chi connectivity index (χ2v) is 6.27. The molecule has 2 N–H and O–H groups in total. The fraction of sp³-hybridized carbons (Fsp3) is 0.200. The SMILES string of the molecule is CC(=O)Nc1ccc(NC(=O)CCn2cnc3ccccc3c2=O)cc1C. The number of aromatic nitrogens is 2. The molecule has 0 aliphatic rings. The molecule has 1 aromatic heterocycles. The summed E-state index contributed by atoms with van der Waals surface area (Å²) in [4.78, 5) is 40.0. The van der Waals surface area contributed by atoms with Gasteiger partial charge < -0.3 is 10.6 Å². The Hall–Kier alpha value is -3.48. The Morgan fingerprint density at radius 2 is 1.89 bits per heavy atom. The number of hydrogen-bond donors (Lipinski definition) is 2. The van der Waals surface area contributed by atoms with E-state index in [0.29, 0.717) is 22.3 Å². The minimum Gasteiger partial charge on any atom is -0.326 e. The summed E-state index contributed by atoms with van der Waals surface area (Å²) < 4.78 is 1.44. The van der Waals surface area contributed by atoms with Crippen LogP contribution in [0.1, 0.15) is 18.9 Å². The van der Waals surface area contributed by atoms with E-state index in [2.05, 4.69) is 15.6 Å². The van der Waals surface area contributed by atoms with Crippen LogP contribution in [-0.4, -0.2) is 21.4 Å². The number of nitrogens with zero attached hydrogens (tertiary/aromatic N) is 2. The molecule has 0 spiro atoms. The lowest BCUT2D eigenvalue weighted by atomic mass is 10.1. The molecule has 27 heavy (non-hydrogen) atoms. The van der Waals surface area contributed by atoms with Crippen LogP contribution in [0, 0.1) is 6.92 Å². The van der Waals surface area contributed by atoms with E-state index < -0.39 is 0 Å². The van der Waals surface area contributed by atoms with Gasteiger partial charge in [-0.2, -0.15) is 0 Å². The van der Waals surface area contributed by atoms with E-state index in [9.17, 15) is 14.4 Å². The first-order valence-electron chi connectivity index (χ1n) is 8.56. The number of nitrogens with one attached hydrogen (secondary N) is 2. The van der Waals surface area contributed by atoms with Crippen molar-refractivity contribution in [1.82, 2.24) is 9.55 Å². The summed E-state index contributed by atoms with van der Waals surface area (Å²) in [6, 6.07) is 12.4. The number of benzene rings is 2. The van der Waals surface area contributed by atoms with Gasteiger partial charge in [0.05, 0.1) is 17.2 Å². The summed E-state index contributed by atoms with van der Waals surface area (Å²) in [6.45, 7) is 3.53. The molecular formula is C20H20N4O3. The Morgan fingerprint density at radius 3 is 2.63 bits per heavy atom. The zero-order chi connectivity index (χ0) is 19.4. The topological polar surface area (TPSA) is 93.1 Å². The summed E-state index contributed by atoms with van der Waals surface area (Å²) >= 11 is 0. The lowest BCUT2D eigenvalue weighted by molar-refractivity contribution is -0.116. The van der Waals surface area contributed by atoms with Gasteiger partial charge in [-0.3, -0.25) is 19.0 Å². The molecule has 0 atom stereocenters. The Labute approximate surface area is 156 Å². The molecule has 0 fully saturated rings. The van der Waals surface area contributed by atoms with Gasteiger partial charge in [0.15, 0.2) is 0 Å². The van der Waals surface area contributed by atoms with Crippen LogP contribution in [-0.2, 0) is 16.1 Å². The van der Waals surface area contributed by atoms with E-state index in [1.807, 2.05) is 13.0 Å². The number of amides is 2. The Kier molecular flexibility index (Phi) is 5.30. The third-order valence-corrected chi connectivity index (χ3v) is 4.13. The largest absolute Gasteiger partial charge is 0.326 e. The van der Waals surface area contributed by atoms with Crippen LogP contribution in [0.3, 0.4) is 0 Å². The van der Waals surface area contributed by atoms with E-state index in [1.54, 1.807) is 36.4 Å². The summed E-state index contributed by atoms with van der Waals surface area (Å²) in [6.07, 6.45) is 1.61. The number of anilines is 2. The third kappa shape index (κ3) is 4.38. The zero-order valence-corrected chi connectivity index (χ0v) is 15.2. The van der Waals surface area contributed by atoms with Crippen molar-refractivity contribution < 1.29 is 9.59 Å². The van der Waals surface area contributed by atoms with Crippen molar-refractivity contribution in [2.24, 2.45) is 0 Å². The average Bonchev–Trinajstić information content (AvgIpc) is 2.63. The van der Waals surface area contributed by atoms with Crippen molar-refractivity contribution in [3.8, 4) is 0 Å². The first-order valence-corrected chi connectivity index (χ1v) is 8.56. The summed E-state index contributed by atoms with van der Waals surface area (Å²) in [5.74, 6) is -0.356. The highest BCUT2D eigenvalue weighted by molar-refractivity contribution is 5.93. The van der Waals surface area contributed by atoms with E-state index in [4.69, 9.17) is 0 Å². The molecule has 0 aliphatic heterocycles. The first kappa shape index (κ1) is 18.3. The third-order valence-electron chi connectivity index (χ3n) is 4.13. The second kappa shape index (κ2) is 7.82. The van der Waals surface area contributed by atoms with Gasteiger partial charge in [-0.15, -0.1) is 0 Å². The fourth-order valence-corrected chi connectivity index (χ4v) is 2.78. The standard InChI is InChI=1S/C20H20N4O3/c1-13-11-15(7-8-17(13)22-14(2)25)23-19(26)9-10-24-12-21-18-6-4-3-5-16(18)20(24)27/h3-8,11-12H,9-10H2,1-2H3,(H,22,25)(H,23,26). The molecule has 2 aromatic carbocycles. The molecule has 0 saturated carbocycles. The number of hydrogen-bond acceptors (Lipinski definition) is 4. The van der Waals surface area contributed by atoms with Crippen molar-refractivity contribution >= 4 is 34.1 Å². The molecule has 138 valence electrons. The molecule has 2 amide bonds. The Morgan fingerprint density at radius 1 is 1.11 bits per heavy atom. The maximum absolute atomic E-state index is 12.4. The fourth-order valence-electron chi connectivity index (χ4n) is 2.78. The van der Waals surface area contributed by atoms with Crippen molar-refractivity contribution in [3.05, 3.63) is 64.7 Å². The van der Waals surface area contributed by atoms with Crippen molar-refractivity contribution in [2.45, 2.75) is 26.8 Å². The van der Waals surface area contributed by atoms with Gasteiger partial charge >= 0.3 is 0 Å². The molecule has 1 heterocycles. The van der Waals surface area contributed by atoms with Crippen LogP contribution >= 0.6 is 0 Å². The molecule has 0 radical (unpaired) electrons. The van der Waals surface area contributed by atoms with Gasteiger partial charge in [0.2, 0.25) is 11.8 Å². The predicted molar refractivity (Wildman–Crippen MR) is 105 cm³/mol. The van der Waals surface area contributed by atoms with E-state index in [0.717, 1.165) is 5.56 Å². The number of carbonyl (C=O) groups excluding carboxylic acids is 2. The van der Waals surface area contributed by atoms with Crippen LogP contribution in [0.4, 0.5) is 11.4 Å². The van der Waals surface area contributed by atoms with Gasteiger partial charge in [0.1, 0.15) is 0 Å². The van der Waals surface area contributed by atoms with Crippen molar-refractivity contribution in [2.75, 3.05) is 10.6 Å². The molecule has 7 heteroatoms. The van der Waals surface area contributed by atoms with Crippen LogP contribution in [0.5, 0.6) is 0 Å². The maximum Gasteiger partial charge on any atom is 0.261 e. The molecule has 3 aromatic rings. The minimum atomic E-state index is -0.207. The summed E-state index contributed by atoms with van der Waals surface area (Å²) in [5.41, 5.74) is 2.66. The molecule has 0 aliphatic carbocycles. The number of rotatable bonds is 5. The van der Waals surface area contributed by atoms with E-state index >= 15 is 0 Å². The van der Waals surface area contributed by atoms with E-state index in [-0.39, 0.29) is 30.3 Å². The van der Waals surface area contributed by atoms with Crippen LogP contribution in [0.25, 0.3) is 10.9 Å². The number of aryl methyl sites for hydroxylation is 2. The number of para-hydroxylation sites is 1. The summed E-state index contributed by atoms with van der Waals surface area (Å²) in [7, 11) is 0. The highest BCUT2D eigenvalue weighted by Crippen LogP contribution is 2.19. The van der Waals surface area contributed by atoms with Gasteiger partial charge in [0.25, 0.3) is 5.56 Å². The minimum absolute atomic E-state index is 0.145. The first-order chi connectivity index (χ1) is 12.9. The predicted octanol–water partition coefficient (Wildman–Crippen LogP) is 2.69. The highest BCUT2D eigenvalue weighted by atomic mass is 16.2. The maximum atomic E-state index is 12.4. The van der Waals surface area contributed by atoms with Gasteiger partial charge in [-0.05, 0) is 42.8 Å². The molecule has 0 saturated heterocycles. The van der Waals surface area contributed by atoms with Crippen LogP contribution in [0.15, 0.2) is 53.6 Å². The van der Waals surface area contributed by atoms with Gasteiger partial charge in [0, 0.05) is 31.3 Å².